The van der Waals surface area contributed by atoms with E-state index in [1.807, 2.05) is 0 Å². The smallest absolute Gasteiger partial charge is 0.143 e. The van der Waals surface area contributed by atoms with Gasteiger partial charge >= 0.3 is 0 Å². The highest BCUT2D eigenvalue weighted by atomic mass is 15.1. The number of rotatable bonds is 8. The monoisotopic (exact) mass is 579 g/mol. The molecule has 0 fully saturated rings. The molecule has 1 unspecified atom stereocenters. The van der Waals surface area contributed by atoms with Gasteiger partial charge in [0.1, 0.15) is 11.7 Å². The minimum absolute atomic E-state index is 0.0451. The van der Waals surface area contributed by atoms with Crippen LogP contribution in [0.4, 0.5) is 17.2 Å². The van der Waals surface area contributed by atoms with Gasteiger partial charge in [0, 0.05) is 57.7 Å². The van der Waals surface area contributed by atoms with Crippen molar-refractivity contribution in [1.29, 1.82) is 0 Å². The Labute approximate surface area is 261 Å². The molecule has 4 aromatic carbocycles. The quantitative estimate of drug-likeness (QED) is 0.200. The molecule has 1 aromatic heterocycles. The Morgan fingerprint density at radius 2 is 1.23 bits per heavy atom. The number of hydrogen-bond donors (Lipinski definition) is 1. The SMILES string of the molecule is CCC1=C(c2ccccc2)/C(=N/c2c(-c3ccccc3)cc(-c3ccc(N(C)C)cc3)n2C)NC1c1ccc(N(C)C)cc1. The summed E-state index contributed by atoms with van der Waals surface area (Å²) in [6, 6.07) is 41.2. The van der Waals surface area contributed by atoms with Crippen molar-refractivity contribution in [2.45, 2.75) is 19.4 Å². The second-order valence-corrected chi connectivity index (χ2v) is 11.8. The number of hydrogen-bond acceptors (Lipinski definition) is 3. The van der Waals surface area contributed by atoms with Gasteiger partial charge in [0.15, 0.2) is 0 Å². The standard InChI is InChI=1S/C39H41N5/c1-7-33-36(29-16-12-9-13-17-29)38(40-37(33)30-20-24-32(25-21-30)43(4)5)41-39-34(27-14-10-8-11-15-27)26-35(44(39)6)28-18-22-31(23-19-28)42(2)3/h8-26,37H,7H2,1-6H3,(H,40,41). The van der Waals surface area contributed by atoms with Crippen LogP contribution in [0.5, 0.6) is 0 Å². The van der Waals surface area contributed by atoms with Gasteiger partial charge in [-0.15, -0.1) is 0 Å². The Bertz CT molecular complexity index is 1790. The molecular weight excluding hydrogens is 538 g/mol. The largest absolute Gasteiger partial charge is 0.378 e. The molecular formula is C39H41N5. The van der Waals surface area contributed by atoms with E-state index in [4.69, 9.17) is 4.99 Å². The van der Waals surface area contributed by atoms with Crippen molar-refractivity contribution in [1.82, 2.24) is 9.88 Å². The molecule has 0 aliphatic carbocycles. The van der Waals surface area contributed by atoms with Crippen molar-refractivity contribution in [3.63, 3.8) is 0 Å². The molecule has 0 saturated heterocycles. The summed E-state index contributed by atoms with van der Waals surface area (Å²) in [5.41, 5.74) is 11.9. The molecule has 1 aliphatic rings. The lowest BCUT2D eigenvalue weighted by molar-refractivity contribution is 0.744. The van der Waals surface area contributed by atoms with E-state index in [9.17, 15) is 0 Å². The van der Waals surface area contributed by atoms with Crippen LogP contribution in [0.2, 0.25) is 0 Å². The number of aromatic nitrogens is 1. The maximum absolute atomic E-state index is 5.50. The van der Waals surface area contributed by atoms with Crippen LogP contribution in [0, 0.1) is 0 Å². The summed E-state index contributed by atoms with van der Waals surface area (Å²) in [4.78, 5) is 9.76. The molecule has 5 aromatic rings. The first-order chi connectivity index (χ1) is 21.4. The number of amidine groups is 1. The zero-order valence-corrected chi connectivity index (χ0v) is 26.5. The maximum Gasteiger partial charge on any atom is 0.143 e. The summed E-state index contributed by atoms with van der Waals surface area (Å²) in [6.45, 7) is 2.25. The minimum atomic E-state index is 0.0451. The fourth-order valence-electron chi connectivity index (χ4n) is 6.11. The lowest BCUT2D eigenvalue weighted by Crippen LogP contribution is -2.22. The molecule has 0 spiro atoms. The Balaban J connectivity index is 1.52. The van der Waals surface area contributed by atoms with E-state index in [2.05, 4.69) is 177 Å². The van der Waals surface area contributed by atoms with Gasteiger partial charge in [-0.2, -0.15) is 0 Å². The highest BCUT2D eigenvalue weighted by Crippen LogP contribution is 2.42. The van der Waals surface area contributed by atoms with Crippen molar-refractivity contribution in [3.8, 4) is 22.4 Å². The minimum Gasteiger partial charge on any atom is -0.378 e. The van der Waals surface area contributed by atoms with Crippen molar-refractivity contribution >= 4 is 28.6 Å². The molecule has 1 N–H and O–H groups in total. The van der Waals surface area contributed by atoms with Gasteiger partial charge in [0.05, 0.1) is 11.7 Å². The summed E-state index contributed by atoms with van der Waals surface area (Å²) in [6.07, 6.45) is 0.915. The molecule has 0 bridgehead atoms. The van der Waals surface area contributed by atoms with E-state index in [1.54, 1.807) is 0 Å². The van der Waals surface area contributed by atoms with Gasteiger partial charge in [0.2, 0.25) is 0 Å². The first-order valence-electron chi connectivity index (χ1n) is 15.3. The zero-order valence-electron chi connectivity index (χ0n) is 26.5. The summed E-state index contributed by atoms with van der Waals surface area (Å²) in [7, 11) is 10.4. The Kier molecular flexibility index (Phi) is 8.12. The second-order valence-electron chi connectivity index (χ2n) is 11.8. The predicted molar refractivity (Wildman–Crippen MR) is 188 cm³/mol. The average molecular weight is 580 g/mol. The predicted octanol–water partition coefficient (Wildman–Crippen LogP) is 8.73. The molecule has 1 aliphatic heterocycles. The topological polar surface area (TPSA) is 35.8 Å². The first-order valence-corrected chi connectivity index (χ1v) is 15.3. The third-order valence-electron chi connectivity index (χ3n) is 8.56. The van der Waals surface area contributed by atoms with Gasteiger partial charge in [-0.3, -0.25) is 0 Å². The van der Waals surface area contributed by atoms with Crippen LogP contribution in [0.15, 0.2) is 126 Å². The van der Waals surface area contributed by atoms with Crippen molar-refractivity contribution in [3.05, 3.63) is 132 Å². The number of aliphatic imine (C=N–C) groups is 1. The maximum atomic E-state index is 5.50. The van der Waals surface area contributed by atoms with Crippen LogP contribution >= 0.6 is 0 Å². The molecule has 1 atom stereocenters. The Morgan fingerprint density at radius 1 is 0.682 bits per heavy atom. The number of nitrogens with zero attached hydrogens (tertiary/aromatic N) is 4. The van der Waals surface area contributed by atoms with Gasteiger partial charge in [-0.1, -0.05) is 91.9 Å². The summed E-state index contributed by atoms with van der Waals surface area (Å²) in [5, 5.41) is 3.87. The third kappa shape index (κ3) is 5.53. The van der Waals surface area contributed by atoms with E-state index < -0.39 is 0 Å². The molecule has 222 valence electrons. The van der Waals surface area contributed by atoms with Crippen molar-refractivity contribution < 1.29 is 0 Å². The molecule has 0 radical (unpaired) electrons. The van der Waals surface area contributed by atoms with E-state index in [0.29, 0.717) is 0 Å². The summed E-state index contributed by atoms with van der Waals surface area (Å²) < 4.78 is 2.23. The van der Waals surface area contributed by atoms with E-state index >= 15 is 0 Å². The van der Waals surface area contributed by atoms with Crippen LogP contribution in [-0.2, 0) is 7.05 Å². The highest BCUT2D eigenvalue weighted by Gasteiger charge is 2.32. The van der Waals surface area contributed by atoms with Crippen LogP contribution in [-0.4, -0.2) is 38.6 Å². The molecule has 44 heavy (non-hydrogen) atoms. The van der Waals surface area contributed by atoms with Crippen molar-refractivity contribution in [2.75, 3.05) is 38.0 Å². The number of anilines is 2. The summed E-state index contributed by atoms with van der Waals surface area (Å²) in [5.74, 6) is 1.83. The molecule has 5 nitrogen and oxygen atoms in total. The molecule has 0 amide bonds. The molecule has 2 heterocycles. The van der Waals surface area contributed by atoms with Gasteiger partial charge < -0.3 is 19.7 Å². The highest BCUT2D eigenvalue weighted by molar-refractivity contribution is 6.27. The lowest BCUT2D eigenvalue weighted by Gasteiger charge is -2.18. The fraction of sp³-hybridized carbons (Fsp3) is 0.205. The lowest BCUT2D eigenvalue weighted by atomic mass is 9.93. The van der Waals surface area contributed by atoms with Gasteiger partial charge in [-0.05, 0) is 64.6 Å². The van der Waals surface area contributed by atoms with Crippen LogP contribution in [0.3, 0.4) is 0 Å². The van der Waals surface area contributed by atoms with Gasteiger partial charge in [-0.25, -0.2) is 4.99 Å². The Morgan fingerprint density at radius 3 is 1.77 bits per heavy atom. The van der Waals surface area contributed by atoms with E-state index in [-0.39, 0.29) is 6.04 Å². The van der Waals surface area contributed by atoms with Gasteiger partial charge in [0.25, 0.3) is 0 Å². The van der Waals surface area contributed by atoms with Crippen LogP contribution in [0.1, 0.15) is 30.5 Å². The normalized spacial score (nSPS) is 15.5. The second kappa shape index (κ2) is 12.3. The van der Waals surface area contributed by atoms with Crippen LogP contribution in [0.25, 0.3) is 28.0 Å². The number of benzene rings is 4. The van der Waals surface area contributed by atoms with E-state index in [1.165, 1.54) is 33.6 Å². The molecule has 5 heteroatoms. The Hall–Kier alpha value is -5.03. The molecule has 0 saturated carbocycles. The first kappa shape index (κ1) is 29.1. The van der Waals surface area contributed by atoms with Crippen LogP contribution < -0.4 is 15.1 Å². The van der Waals surface area contributed by atoms with Crippen molar-refractivity contribution in [2.24, 2.45) is 12.0 Å². The third-order valence-corrected chi connectivity index (χ3v) is 8.56. The average Bonchev–Trinajstić information content (AvgIpc) is 3.59. The zero-order chi connectivity index (χ0) is 30.8. The fourth-order valence-corrected chi connectivity index (χ4v) is 6.11. The summed E-state index contributed by atoms with van der Waals surface area (Å²) >= 11 is 0. The molecule has 6 rings (SSSR count). The number of nitrogens with one attached hydrogen (secondary N) is 1. The van der Waals surface area contributed by atoms with E-state index in [0.717, 1.165) is 40.5 Å².